The van der Waals surface area contributed by atoms with Gasteiger partial charge in [-0.2, -0.15) is 0 Å². The van der Waals surface area contributed by atoms with E-state index in [0.29, 0.717) is 29.1 Å². The van der Waals surface area contributed by atoms with Crippen LogP contribution in [0.2, 0.25) is 0 Å². The molecule has 0 atom stereocenters. The zero-order valence-corrected chi connectivity index (χ0v) is 21.2. The molecule has 5 nitrogen and oxygen atoms in total. The lowest BCUT2D eigenvalue weighted by Gasteiger charge is -2.13. The number of esters is 1. The highest BCUT2D eigenvalue weighted by atomic mass is 79.9. The van der Waals surface area contributed by atoms with Crippen molar-refractivity contribution in [3.63, 3.8) is 0 Å². The van der Waals surface area contributed by atoms with E-state index in [0.717, 1.165) is 31.0 Å². The molecule has 0 fully saturated rings. The van der Waals surface area contributed by atoms with E-state index in [4.69, 9.17) is 9.72 Å². The van der Waals surface area contributed by atoms with Crippen LogP contribution in [-0.4, -0.2) is 23.5 Å². The number of hydrogen-bond acceptors (Lipinski definition) is 4. The highest BCUT2D eigenvalue weighted by Crippen LogP contribution is 2.30. The molecule has 1 amide bonds. The van der Waals surface area contributed by atoms with Crippen molar-refractivity contribution in [2.24, 2.45) is 0 Å². The number of halogens is 2. The number of carbonyl (C=O) groups excluding carboxylic acids is 2. The molecule has 1 heterocycles. The SMILES string of the molecule is CCOC(=O)c1ccc(NC(=O)c2cc(-c3ccc(Br)cc3)nc3c(C)cc(Br)cc23)cc1. The number of carbonyl (C=O) groups is 2. The van der Waals surface area contributed by atoms with Crippen molar-refractivity contribution in [3.8, 4) is 11.3 Å². The molecule has 4 rings (SSSR count). The Hall–Kier alpha value is -3.03. The van der Waals surface area contributed by atoms with Crippen LogP contribution < -0.4 is 5.32 Å². The number of aryl methyl sites for hydroxylation is 1. The van der Waals surface area contributed by atoms with Gasteiger partial charge in [-0.15, -0.1) is 0 Å². The molecule has 0 aliphatic rings. The molecule has 166 valence electrons. The fourth-order valence-electron chi connectivity index (χ4n) is 3.52. The van der Waals surface area contributed by atoms with Gasteiger partial charge in [0.1, 0.15) is 0 Å². The second-order valence-corrected chi connectivity index (χ2v) is 9.26. The van der Waals surface area contributed by atoms with Gasteiger partial charge >= 0.3 is 5.97 Å². The molecule has 0 radical (unpaired) electrons. The number of anilines is 1. The van der Waals surface area contributed by atoms with Crippen molar-refractivity contribution in [1.82, 2.24) is 4.98 Å². The minimum absolute atomic E-state index is 0.262. The number of rotatable bonds is 5. The van der Waals surface area contributed by atoms with E-state index in [1.165, 1.54) is 0 Å². The van der Waals surface area contributed by atoms with Crippen LogP contribution in [0, 0.1) is 6.92 Å². The monoisotopic (exact) mass is 566 g/mol. The predicted molar refractivity (Wildman–Crippen MR) is 138 cm³/mol. The van der Waals surface area contributed by atoms with E-state index in [2.05, 4.69) is 37.2 Å². The Labute approximate surface area is 208 Å². The summed E-state index contributed by atoms with van der Waals surface area (Å²) in [6.07, 6.45) is 0. The standard InChI is InChI=1S/C26H20Br2N2O3/c1-3-33-26(32)17-6-10-20(11-7-17)29-25(31)22-14-23(16-4-8-18(27)9-5-16)30-24-15(2)12-19(28)13-21(22)24/h4-14H,3H2,1-2H3,(H,29,31). The van der Waals surface area contributed by atoms with Crippen LogP contribution in [-0.2, 0) is 4.74 Å². The number of nitrogens with one attached hydrogen (secondary N) is 1. The van der Waals surface area contributed by atoms with Crippen LogP contribution in [0.3, 0.4) is 0 Å². The summed E-state index contributed by atoms with van der Waals surface area (Å²) in [4.78, 5) is 30.1. The van der Waals surface area contributed by atoms with Gasteiger partial charge in [-0.25, -0.2) is 9.78 Å². The highest BCUT2D eigenvalue weighted by Gasteiger charge is 2.17. The van der Waals surface area contributed by atoms with Gasteiger partial charge in [-0.1, -0.05) is 44.0 Å². The van der Waals surface area contributed by atoms with E-state index in [1.807, 2.05) is 43.3 Å². The highest BCUT2D eigenvalue weighted by molar-refractivity contribution is 9.10. The van der Waals surface area contributed by atoms with Crippen molar-refractivity contribution in [2.75, 3.05) is 11.9 Å². The second kappa shape index (κ2) is 9.85. The van der Waals surface area contributed by atoms with Crippen LogP contribution >= 0.6 is 31.9 Å². The lowest BCUT2D eigenvalue weighted by Crippen LogP contribution is -2.13. The zero-order valence-electron chi connectivity index (χ0n) is 18.0. The summed E-state index contributed by atoms with van der Waals surface area (Å²) in [5, 5.41) is 3.69. The molecule has 0 spiro atoms. The van der Waals surface area contributed by atoms with Gasteiger partial charge in [-0.3, -0.25) is 4.79 Å². The fraction of sp³-hybridized carbons (Fsp3) is 0.115. The largest absolute Gasteiger partial charge is 0.462 e. The number of nitrogens with zero attached hydrogens (tertiary/aromatic N) is 1. The second-order valence-electron chi connectivity index (χ2n) is 7.43. The first-order valence-electron chi connectivity index (χ1n) is 10.3. The number of pyridine rings is 1. The number of benzene rings is 3. The zero-order chi connectivity index (χ0) is 23.5. The van der Waals surface area contributed by atoms with E-state index in [9.17, 15) is 9.59 Å². The van der Waals surface area contributed by atoms with Gasteiger partial charge in [0.15, 0.2) is 0 Å². The van der Waals surface area contributed by atoms with Gasteiger partial charge in [0, 0.05) is 25.6 Å². The molecule has 33 heavy (non-hydrogen) atoms. The summed E-state index contributed by atoms with van der Waals surface area (Å²) in [5.74, 6) is -0.655. The minimum atomic E-state index is -0.394. The summed E-state index contributed by atoms with van der Waals surface area (Å²) in [6, 6.07) is 20.1. The Morgan fingerprint density at radius 2 is 1.64 bits per heavy atom. The predicted octanol–water partition coefficient (Wildman–Crippen LogP) is 7.16. The topological polar surface area (TPSA) is 68.3 Å². The van der Waals surface area contributed by atoms with Crippen molar-refractivity contribution < 1.29 is 14.3 Å². The van der Waals surface area contributed by atoms with E-state index < -0.39 is 5.97 Å². The maximum atomic E-state index is 13.4. The number of fused-ring (bicyclic) bond motifs is 1. The molecular weight excluding hydrogens is 548 g/mol. The van der Waals surface area contributed by atoms with Crippen LogP contribution in [0.25, 0.3) is 22.2 Å². The Kier molecular flexibility index (Phi) is 6.91. The molecule has 3 aromatic carbocycles. The maximum Gasteiger partial charge on any atom is 0.338 e. The Morgan fingerprint density at radius 1 is 0.939 bits per heavy atom. The van der Waals surface area contributed by atoms with Crippen molar-refractivity contribution in [3.05, 3.63) is 92.4 Å². The lowest BCUT2D eigenvalue weighted by molar-refractivity contribution is 0.0526. The summed E-state index contributed by atoms with van der Waals surface area (Å²) >= 11 is 6.99. The molecule has 0 saturated heterocycles. The summed E-state index contributed by atoms with van der Waals surface area (Å²) in [7, 11) is 0. The summed E-state index contributed by atoms with van der Waals surface area (Å²) in [5.41, 5.74) is 4.87. The molecule has 0 unspecified atom stereocenters. The number of amides is 1. The first-order chi connectivity index (χ1) is 15.9. The maximum absolute atomic E-state index is 13.4. The van der Waals surface area contributed by atoms with Crippen molar-refractivity contribution in [2.45, 2.75) is 13.8 Å². The number of hydrogen-bond donors (Lipinski definition) is 1. The lowest BCUT2D eigenvalue weighted by atomic mass is 10.0. The van der Waals surface area contributed by atoms with Crippen molar-refractivity contribution in [1.29, 1.82) is 0 Å². The molecule has 0 saturated carbocycles. The van der Waals surface area contributed by atoms with Crippen LogP contribution in [0.4, 0.5) is 5.69 Å². The molecule has 7 heteroatoms. The summed E-state index contributed by atoms with van der Waals surface area (Å²) in [6.45, 7) is 4.04. The van der Waals surface area contributed by atoms with Gasteiger partial charge in [0.05, 0.1) is 28.9 Å². The van der Waals surface area contributed by atoms with E-state index in [1.54, 1.807) is 37.3 Å². The molecule has 0 aliphatic carbocycles. The van der Waals surface area contributed by atoms with Gasteiger partial charge < -0.3 is 10.1 Å². The molecule has 0 bridgehead atoms. The fourth-order valence-corrected chi connectivity index (χ4v) is 4.35. The Bertz CT molecular complexity index is 1350. The third kappa shape index (κ3) is 5.15. The van der Waals surface area contributed by atoms with Crippen LogP contribution in [0.15, 0.2) is 75.7 Å². The quantitative estimate of drug-likeness (QED) is 0.260. The van der Waals surface area contributed by atoms with Gasteiger partial charge in [0.2, 0.25) is 0 Å². The number of ether oxygens (including phenoxy) is 1. The van der Waals surface area contributed by atoms with Crippen molar-refractivity contribution >= 4 is 60.3 Å². The molecule has 1 N–H and O–H groups in total. The third-order valence-corrected chi connectivity index (χ3v) is 6.09. The minimum Gasteiger partial charge on any atom is -0.462 e. The molecular formula is C26H20Br2N2O3. The average molecular weight is 568 g/mol. The van der Waals surface area contributed by atoms with Crippen LogP contribution in [0.5, 0.6) is 0 Å². The normalized spacial score (nSPS) is 10.8. The Balaban J connectivity index is 1.74. The molecule has 0 aliphatic heterocycles. The smallest absolute Gasteiger partial charge is 0.338 e. The number of aromatic nitrogens is 1. The van der Waals surface area contributed by atoms with Crippen LogP contribution in [0.1, 0.15) is 33.2 Å². The van der Waals surface area contributed by atoms with Gasteiger partial charge in [0.25, 0.3) is 5.91 Å². The molecule has 4 aromatic rings. The first-order valence-corrected chi connectivity index (χ1v) is 11.9. The van der Waals surface area contributed by atoms with E-state index >= 15 is 0 Å². The van der Waals surface area contributed by atoms with E-state index in [-0.39, 0.29) is 5.91 Å². The summed E-state index contributed by atoms with van der Waals surface area (Å²) < 4.78 is 6.85. The average Bonchev–Trinajstić information content (AvgIpc) is 2.79. The Morgan fingerprint density at radius 3 is 2.30 bits per heavy atom. The first kappa shape index (κ1) is 23.1. The third-order valence-electron chi connectivity index (χ3n) is 5.11. The molecule has 1 aromatic heterocycles. The van der Waals surface area contributed by atoms with Gasteiger partial charge in [-0.05, 0) is 74.0 Å².